The van der Waals surface area contributed by atoms with Crippen LogP contribution >= 0.6 is 7.37 Å². The third kappa shape index (κ3) is 5.37. The largest absolute Gasteiger partial charge is 0.790 e. The van der Waals surface area contributed by atoms with Gasteiger partial charge in [-0.25, -0.2) is 9.55 Å². The molecule has 0 aromatic carbocycles. The number of alkyl halides is 10. The predicted octanol–water partition coefficient (Wildman–Crippen LogP) is 4.12. The third-order valence-corrected chi connectivity index (χ3v) is 5.15. The maximum atomic E-state index is 12.1. The molecule has 0 saturated heterocycles. The van der Waals surface area contributed by atoms with Gasteiger partial charge in [-0.1, -0.05) is 13.3 Å². The summed E-state index contributed by atoms with van der Waals surface area (Å²) in [6.07, 6.45) is -6.44. The van der Waals surface area contributed by atoms with Crippen molar-refractivity contribution in [3.63, 3.8) is 0 Å². The average Bonchev–Trinajstić information content (AvgIpc) is 2.88. The number of H-pyrrole nitrogens is 1. The molecule has 0 saturated carbocycles. The second-order valence-electron chi connectivity index (χ2n) is 5.25. The maximum absolute atomic E-state index is 12.1. The number of nitrogens with one attached hydrogen (secondary N) is 1. The molecule has 0 aliphatic carbocycles. The van der Waals surface area contributed by atoms with Crippen molar-refractivity contribution < 1.29 is 57.9 Å². The molecular formula is C12H15F10N2O2P. The highest BCUT2D eigenvalue weighted by atomic mass is 31.2. The van der Waals surface area contributed by atoms with Crippen LogP contribution in [0.1, 0.15) is 25.6 Å². The first-order chi connectivity index (χ1) is 11.8. The van der Waals surface area contributed by atoms with Gasteiger partial charge in [0.05, 0.1) is 7.05 Å². The van der Waals surface area contributed by atoms with Crippen molar-refractivity contribution in [3.05, 3.63) is 18.2 Å². The highest BCUT2D eigenvalue weighted by Gasteiger charge is 2.78. The SMILES string of the molecule is CCCCc1[nH]cc[n+]1C.O=P([O-])(C(F)(F)C(F)(F)F)C(F)(F)C(F)(F)F. The first-order valence-corrected chi connectivity index (χ1v) is 8.69. The Morgan fingerprint density at radius 3 is 1.67 bits per heavy atom. The Labute approximate surface area is 146 Å². The van der Waals surface area contributed by atoms with Crippen molar-refractivity contribution in [2.75, 3.05) is 0 Å². The van der Waals surface area contributed by atoms with E-state index in [1.165, 1.54) is 25.1 Å². The minimum atomic E-state index is -8.51. The standard InChI is InChI=1S/C8H14N2.C4HF10O2P/c1-3-4-5-8-9-6-7-10(8)2;5-1(6,7)3(11,12)17(15,16)4(13,14)2(8,9)10/h6-7H,3-5H2,1-2H3;(H,15,16). The molecule has 0 unspecified atom stereocenters. The summed E-state index contributed by atoms with van der Waals surface area (Å²) in [4.78, 5) is 13.3. The van der Waals surface area contributed by atoms with Crippen LogP contribution in [0, 0.1) is 0 Å². The van der Waals surface area contributed by atoms with Crippen molar-refractivity contribution >= 4 is 7.37 Å². The summed E-state index contributed by atoms with van der Waals surface area (Å²) in [5, 5.41) is 0. The van der Waals surface area contributed by atoms with E-state index in [9.17, 15) is 53.4 Å². The van der Waals surface area contributed by atoms with Crippen LogP contribution in [0.15, 0.2) is 12.4 Å². The van der Waals surface area contributed by atoms with Gasteiger partial charge in [0.15, 0.2) is 7.37 Å². The fraction of sp³-hybridized carbons (Fsp3) is 0.750. The Balaban J connectivity index is 0.000000569. The number of hydrogen-bond donors (Lipinski definition) is 1. The number of nitrogens with zero attached hydrogens (tertiary/aromatic N) is 1. The Bertz CT molecular complexity index is 623. The van der Waals surface area contributed by atoms with E-state index in [-0.39, 0.29) is 0 Å². The summed E-state index contributed by atoms with van der Waals surface area (Å²) in [5.41, 5.74) is -14.4. The second-order valence-corrected chi connectivity index (χ2v) is 7.48. The van der Waals surface area contributed by atoms with Gasteiger partial charge < -0.3 is 9.46 Å². The maximum Gasteiger partial charge on any atom is 0.459 e. The lowest BCUT2D eigenvalue weighted by Crippen LogP contribution is -2.50. The number of aromatic amines is 1. The summed E-state index contributed by atoms with van der Waals surface area (Å²) < 4.78 is 129. The summed E-state index contributed by atoms with van der Waals surface area (Å²) in [6, 6.07) is 0. The number of aromatic nitrogens is 2. The van der Waals surface area contributed by atoms with E-state index in [1.54, 1.807) is 0 Å². The van der Waals surface area contributed by atoms with E-state index >= 15 is 0 Å². The van der Waals surface area contributed by atoms with Gasteiger partial charge in [-0.05, 0) is 6.42 Å². The van der Waals surface area contributed by atoms with Crippen LogP contribution in [0.4, 0.5) is 43.9 Å². The zero-order chi connectivity index (χ0) is 21.9. The second kappa shape index (κ2) is 8.38. The highest BCUT2D eigenvalue weighted by molar-refractivity contribution is 7.59. The molecule has 0 fully saturated rings. The number of unbranched alkanes of at least 4 members (excludes halogenated alkanes) is 1. The van der Waals surface area contributed by atoms with Gasteiger partial charge in [-0.3, -0.25) is 0 Å². The smallest absolute Gasteiger partial charge is 0.459 e. The Morgan fingerprint density at radius 1 is 1.00 bits per heavy atom. The average molecular weight is 440 g/mol. The third-order valence-electron chi connectivity index (χ3n) is 3.16. The minimum Gasteiger partial charge on any atom is -0.790 e. The Kier molecular flexibility index (Phi) is 7.97. The van der Waals surface area contributed by atoms with Gasteiger partial charge in [0.2, 0.25) is 0 Å². The van der Waals surface area contributed by atoms with Gasteiger partial charge in [0, 0.05) is 6.42 Å². The minimum absolute atomic E-state index is 1.17. The topological polar surface area (TPSA) is 59.8 Å². The van der Waals surface area contributed by atoms with E-state index in [4.69, 9.17) is 0 Å². The van der Waals surface area contributed by atoms with Gasteiger partial charge >= 0.3 is 23.7 Å². The number of imidazole rings is 1. The van der Waals surface area contributed by atoms with Crippen LogP contribution in [0.25, 0.3) is 0 Å². The molecule has 0 aliphatic heterocycles. The Morgan fingerprint density at radius 2 is 1.41 bits per heavy atom. The van der Waals surface area contributed by atoms with Gasteiger partial charge in [0.25, 0.3) is 5.82 Å². The molecule has 1 aromatic heterocycles. The zero-order valence-electron chi connectivity index (χ0n) is 13.8. The number of rotatable bonds is 5. The molecule has 0 aliphatic rings. The van der Waals surface area contributed by atoms with Crippen molar-refractivity contribution in [2.45, 2.75) is 49.9 Å². The van der Waals surface area contributed by atoms with Gasteiger partial charge in [-0.2, -0.15) is 43.9 Å². The predicted molar refractivity (Wildman–Crippen MR) is 70.2 cm³/mol. The summed E-state index contributed by atoms with van der Waals surface area (Å²) in [5.74, 6) is 1.32. The van der Waals surface area contributed by atoms with E-state index < -0.39 is 31.0 Å². The fourth-order valence-electron chi connectivity index (χ4n) is 1.54. The van der Waals surface area contributed by atoms with Gasteiger partial charge in [-0.15, -0.1) is 0 Å². The highest BCUT2D eigenvalue weighted by Crippen LogP contribution is 2.72. The molecule has 0 atom stereocenters. The zero-order valence-corrected chi connectivity index (χ0v) is 14.7. The normalized spacial score (nSPS) is 14.0. The summed E-state index contributed by atoms with van der Waals surface area (Å²) in [6.45, 7) is 2.21. The van der Waals surface area contributed by atoms with E-state index in [0.29, 0.717) is 0 Å². The molecule has 0 radical (unpaired) electrons. The van der Waals surface area contributed by atoms with E-state index in [1.807, 2.05) is 12.4 Å². The first kappa shape index (κ1) is 25.7. The molecule has 1 aromatic rings. The van der Waals surface area contributed by atoms with Crippen LogP contribution in [0.5, 0.6) is 0 Å². The molecule has 4 nitrogen and oxygen atoms in total. The quantitative estimate of drug-likeness (QED) is 0.426. The van der Waals surface area contributed by atoms with Crippen molar-refractivity contribution in [1.82, 2.24) is 4.98 Å². The number of halogens is 10. The lowest BCUT2D eigenvalue weighted by atomic mass is 10.2. The molecular weight excluding hydrogens is 425 g/mol. The molecule has 1 heterocycles. The molecule has 15 heteroatoms. The monoisotopic (exact) mass is 440 g/mol. The lowest BCUT2D eigenvalue weighted by Gasteiger charge is -2.38. The first-order valence-electron chi connectivity index (χ1n) is 7.06. The van der Waals surface area contributed by atoms with Crippen LogP contribution in [0.2, 0.25) is 0 Å². The summed E-state index contributed by atoms with van der Waals surface area (Å²) >= 11 is 0. The lowest BCUT2D eigenvalue weighted by molar-refractivity contribution is -0.677. The van der Waals surface area contributed by atoms with Crippen molar-refractivity contribution in [1.29, 1.82) is 0 Å². The van der Waals surface area contributed by atoms with E-state index in [2.05, 4.69) is 23.5 Å². The number of hydrogen-bond acceptors (Lipinski definition) is 2. The van der Waals surface area contributed by atoms with Crippen LogP contribution < -0.4 is 9.46 Å². The van der Waals surface area contributed by atoms with Gasteiger partial charge in [0.1, 0.15) is 12.4 Å². The molecule has 0 amide bonds. The van der Waals surface area contributed by atoms with E-state index in [0.717, 1.165) is 0 Å². The number of aryl methyl sites for hydroxylation is 2. The molecule has 1 rings (SSSR count). The van der Waals surface area contributed by atoms with Crippen LogP contribution in [-0.2, 0) is 18.0 Å². The molecule has 0 bridgehead atoms. The Hall–Kier alpha value is -1.30. The molecule has 160 valence electrons. The van der Waals surface area contributed by atoms with Crippen molar-refractivity contribution in [3.8, 4) is 0 Å². The van der Waals surface area contributed by atoms with Crippen LogP contribution in [-0.4, -0.2) is 28.7 Å². The molecule has 1 N–H and O–H groups in total. The fourth-order valence-corrected chi connectivity index (χ4v) is 2.56. The van der Waals surface area contributed by atoms with Crippen molar-refractivity contribution in [2.24, 2.45) is 7.05 Å². The summed E-state index contributed by atoms with van der Waals surface area (Å²) in [7, 11) is -6.44. The molecule has 0 spiro atoms. The van der Waals surface area contributed by atoms with Crippen LogP contribution in [0.3, 0.4) is 0 Å². The molecule has 27 heavy (non-hydrogen) atoms.